The maximum absolute atomic E-state index is 14.3. The third kappa shape index (κ3) is 6.06. The van der Waals surface area contributed by atoms with E-state index in [1.54, 1.807) is 0 Å². The van der Waals surface area contributed by atoms with Crippen LogP contribution in [-0.4, -0.2) is 75.5 Å². The van der Waals surface area contributed by atoms with Gasteiger partial charge in [0.25, 0.3) is 11.8 Å². The Morgan fingerprint density at radius 1 is 1.09 bits per heavy atom. The first-order valence-electron chi connectivity index (χ1n) is 12.4. The number of amides is 1. The standard InChI is InChI=1S/C24H17ClF10N6O5S/c1-39-18(16(21(26,27)28)17(38-39)46-47(43,44)22(29,23(30,31)32)24(33,34)35)41-9-13(8-37-41)12-3-4-15(25)14(7-12)19(42)40(11-45-2)20(10-36)5-6-20/h3-4,7-9H,5-6,11H2,1-2H3. The van der Waals surface area contributed by atoms with Gasteiger partial charge in [-0.1, -0.05) is 17.7 Å². The Hall–Kier alpha value is -4.10. The number of nitriles is 1. The van der Waals surface area contributed by atoms with Gasteiger partial charge in [0.05, 0.1) is 22.9 Å². The molecule has 0 bridgehead atoms. The summed E-state index contributed by atoms with van der Waals surface area (Å²) in [5.74, 6) is -4.38. The van der Waals surface area contributed by atoms with Crippen molar-refractivity contribution in [2.75, 3.05) is 13.8 Å². The minimum Gasteiger partial charge on any atom is -0.364 e. The smallest absolute Gasteiger partial charge is 0.364 e. The average molecular weight is 727 g/mol. The summed E-state index contributed by atoms with van der Waals surface area (Å²) in [4.78, 5) is 14.5. The van der Waals surface area contributed by atoms with E-state index < -0.39 is 62.4 Å². The Kier molecular flexibility index (Phi) is 8.79. The predicted molar refractivity (Wildman–Crippen MR) is 137 cm³/mol. The fraction of sp³-hybridized carbons (Fsp3) is 0.417. The molecule has 1 aromatic carbocycles. The third-order valence-electron chi connectivity index (χ3n) is 6.81. The largest absolute Gasteiger partial charge is 0.450 e. The highest BCUT2D eigenvalue weighted by molar-refractivity contribution is 7.88. The first-order chi connectivity index (χ1) is 21.5. The molecular weight excluding hydrogens is 710 g/mol. The maximum Gasteiger partial charge on any atom is 0.450 e. The summed E-state index contributed by atoms with van der Waals surface area (Å²) in [7, 11) is -5.68. The molecule has 0 atom stereocenters. The molecule has 4 rings (SSSR count). The molecule has 0 aliphatic heterocycles. The van der Waals surface area contributed by atoms with Crippen LogP contribution in [0.4, 0.5) is 43.9 Å². The van der Waals surface area contributed by atoms with Gasteiger partial charge >= 0.3 is 33.6 Å². The Morgan fingerprint density at radius 2 is 1.68 bits per heavy atom. The van der Waals surface area contributed by atoms with Gasteiger partial charge in [-0.3, -0.25) is 9.69 Å². The van der Waals surface area contributed by atoms with Gasteiger partial charge < -0.3 is 8.92 Å². The van der Waals surface area contributed by atoms with Gasteiger partial charge in [-0.15, -0.1) is 5.10 Å². The molecule has 1 aliphatic rings. The lowest BCUT2D eigenvalue weighted by Gasteiger charge is -2.28. The van der Waals surface area contributed by atoms with Crippen LogP contribution in [0, 0.1) is 11.3 Å². The molecule has 0 N–H and O–H groups in total. The number of hydrogen-bond acceptors (Lipinski definition) is 8. The van der Waals surface area contributed by atoms with Crippen molar-refractivity contribution in [3.8, 4) is 28.9 Å². The number of rotatable bonds is 9. The van der Waals surface area contributed by atoms with Crippen LogP contribution in [0.1, 0.15) is 28.8 Å². The molecule has 2 heterocycles. The first kappa shape index (κ1) is 35.7. The molecule has 23 heteroatoms. The Balaban J connectivity index is 1.78. The second-order valence-electron chi connectivity index (χ2n) is 9.92. The molecular formula is C24H17ClF10N6O5S. The summed E-state index contributed by atoms with van der Waals surface area (Å²) in [5, 5.41) is 8.96. The van der Waals surface area contributed by atoms with Gasteiger partial charge in [0.1, 0.15) is 12.3 Å². The van der Waals surface area contributed by atoms with Gasteiger partial charge in [0.15, 0.2) is 11.4 Å². The second kappa shape index (κ2) is 11.6. The van der Waals surface area contributed by atoms with Crippen LogP contribution in [0.15, 0.2) is 30.6 Å². The van der Waals surface area contributed by atoms with Gasteiger partial charge in [-0.05, 0) is 30.5 Å². The molecule has 1 aliphatic carbocycles. The summed E-state index contributed by atoms with van der Waals surface area (Å²) >= 11 is 6.21. The summed E-state index contributed by atoms with van der Waals surface area (Å²) in [5.41, 5.74) is -3.59. The average Bonchev–Trinajstić information content (AvgIpc) is 3.45. The van der Waals surface area contributed by atoms with Crippen LogP contribution in [0.5, 0.6) is 5.88 Å². The molecule has 0 saturated heterocycles. The minimum absolute atomic E-state index is 0.0447. The highest BCUT2D eigenvalue weighted by Crippen LogP contribution is 2.51. The quantitative estimate of drug-likeness (QED) is 0.160. The van der Waals surface area contributed by atoms with Crippen LogP contribution < -0.4 is 4.18 Å². The van der Waals surface area contributed by atoms with E-state index in [4.69, 9.17) is 16.3 Å². The molecule has 47 heavy (non-hydrogen) atoms. The number of alkyl halides is 10. The molecule has 256 valence electrons. The van der Waals surface area contributed by atoms with Crippen molar-refractivity contribution >= 4 is 27.6 Å². The molecule has 1 saturated carbocycles. The number of nitrogens with zero attached hydrogens (tertiary/aromatic N) is 6. The van der Waals surface area contributed by atoms with Gasteiger partial charge in [-0.25, -0.2) is 13.8 Å². The number of ether oxygens (including phenoxy) is 1. The van der Waals surface area contributed by atoms with Gasteiger partial charge in [0, 0.05) is 25.9 Å². The molecule has 2 aromatic heterocycles. The molecule has 3 aromatic rings. The third-order valence-corrected chi connectivity index (χ3v) is 8.67. The molecule has 1 fully saturated rings. The Bertz CT molecular complexity index is 1840. The minimum atomic E-state index is -7.63. The summed E-state index contributed by atoms with van der Waals surface area (Å²) in [6.45, 7) is -0.290. The summed E-state index contributed by atoms with van der Waals surface area (Å²) in [6, 6.07) is 5.77. The van der Waals surface area contributed by atoms with Crippen molar-refractivity contribution in [3.63, 3.8) is 0 Å². The van der Waals surface area contributed by atoms with Crippen LogP contribution in [-0.2, 0) is 28.1 Å². The van der Waals surface area contributed by atoms with Crippen molar-refractivity contribution in [1.29, 1.82) is 5.26 Å². The van der Waals surface area contributed by atoms with Crippen molar-refractivity contribution in [2.45, 2.75) is 41.9 Å². The number of aromatic nitrogens is 4. The molecule has 11 nitrogen and oxygen atoms in total. The fourth-order valence-electron chi connectivity index (χ4n) is 4.33. The van der Waals surface area contributed by atoms with Crippen LogP contribution >= 0.6 is 11.6 Å². The summed E-state index contributed by atoms with van der Waals surface area (Å²) in [6.07, 6.45) is -17.8. The highest BCUT2D eigenvalue weighted by Gasteiger charge is 2.82. The lowest BCUT2D eigenvalue weighted by atomic mass is 10.0. The van der Waals surface area contributed by atoms with Crippen LogP contribution in [0.25, 0.3) is 16.9 Å². The molecule has 0 unspecified atom stereocenters. The number of halogens is 11. The number of benzene rings is 1. The van der Waals surface area contributed by atoms with E-state index in [1.807, 2.05) is 6.07 Å². The number of methoxy groups -OCH3 is 1. The zero-order chi connectivity index (χ0) is 35.5. The van der Waals surface area contributed by atoms with E-state index in [1.165, 1.54) is 25.3 Å². The maximum atomic E-state index is 14.3. The van der Waals surface area contributed by atoms with Crippen molar-refractivity contribution in [3.05, 3.63) is 46.7 Å². The molecule has 0 radical (unpaired) electrons. The lowest BCUT2D eigenvalue weighted by molar-refractivity contribution is -0.307. The van der Waals surface area contributed by atoms with Crippen LogP contribution in [0.2, 0.25) is 5.02 Å². The molecule has 0 spiro atoms. The van der Waals surface area contributed by atoms with Crippen molar-refractivity contribution in [2.24, 2.45) is 7.05 Å². The van der Waals surface area contributed by atoms with Crippen molar-refractivity contribution < 1.29 is 66.0 Å². The zero-order valence-electron chi connectivity index (χ0n) is 23.3. The van der Waals surface area contributed by atoms with Gasteiger partial charge in [0.2, 0.25) is 0 Å². The van der Waals surface area contributed by atoms with Gasteiger partial charge in [-0.2, -0.15) is 58.3 Å². The highest BCUT2D eigenvalue weighted by atomic mass is 35.5. The zero-order valence-corrected chi connectivity index (χ0v) is 24.9. The number of aryl methyl sites for hydroxylation is 1. The van der Waals surface area contributed by atoms with E-state index in [-0.39, 0.29) is 33.1 Å². The van der Waals surface area contributed by atoms with E-state index >= 15 is 0 Å². The predicted octanol–water partition coefficient (Wildman–Crippen LogP) is 5.55. The Labute approximate surface area is 261 Å². The van der Waals surface area contributed by atoms with Crippen LogP contribution in [0.3, 0.4) is 0 Å². The van der Waals surface area contributed by atoms with E-state index in [9.17, 15) is 62.4 Å². The number of carbonyl (C=O) groups is 1. The van der Waals surface area contributed by atoms with E-state index in [0.717, 1.165) is 17.3 Å². The van der Waals surface area contributed by atoms with E-state index in [2.05, 4.69) is 14.4 Å². The fourth-order valence-corrected chi connectivity index (χ4v) is 5.54. The monoisotopic (exact) mass is 726 g/mol. The number of hydrogen-bond donors (Lipinski definition) is 0. The van der Waals surface area contributed by atoms with E-state index in [0.29, 0.717) is 24.6 Å². The first-order valence-corrected chi connectivity index (χ1v) is 14.2. The Morgan fingerprint density at radius 3 is 2.17 bits per heavy atom. The lowest BCUT2D eigenvalue weighted by Crippen LogP contribution is -2.60. The SMILES string of the molecule is COCN(C(=O)c1cc(-c2cnn(-c3c(C(F)(F)F)c(OS(=O)(=O)C(F)(C(F)(F)F)C(F)(F)F)nn3C)c2)ccc1Cl)C1(C#N)CC1. The van der Waals surface area contributed by atoms with Crippen molar-refractivity contribution in [1.82, 2.24) is 24.5 Å². The number of carbonyl (C=O) groups excluding carboxylic acids is 1. The normalized spacial score (nSPS) is 15.3. The molecule has 1 amide bonds. The second-order valence-corrected chi connectivity index (χ2v) is 12.0. The summed E-state index contributed by atoms with van der Waals surface area (Å²) < 4.78 is 168. The topological polar surface area (TPSA) is 132 Å².